The standard InChI is InChI=1S/C25H26ClN3O3/c1-14(2)9-19-17-12-31-25(3,4)10-16(17)20-21-22(32-23(20)28-19)24(30)29(13-27-21)11-15-7-5-6-8-18(15)26/h5-8,13-14H,9-12H2,1-4H3. The Balaban J connectivity index is 1.72. The van der Waals surface area contributed by atoms with Gasteiger partial charge in [-0.2, -0.15) is 0 Å². The van der Waals surface area contributed by atoms with E-state index in [-0.39, 0.29) is 16.7 Å². The van der Waals surface area contributed by atoms with Crippen LogP contribution in [0.4, 0.5) is 0 Å². The topological polar surface area (TPSA) is 70.2 Å². The highest BCUT2D eigenvalue weighted by molar-refractivity contribution is 6.31. The molecular formula is C25H26ClN3O3. The van der Waals surface area contributed by atoms with Gasteiger partial charge in [-0.1, -0.05) is 43.6 Å². The number of aromatic nitrogens is 3. The average molecular weight is 452 g/mol. The summed E-state index contributed by atoms with van der Waals surface area (Å²) in [6.07, 6.45) is 3.11. The summed E-state index contributed by atoms with van der Waals surface area (Å²) >= 11 is 6.29. The van der Waals surface area contributed by atoms with E-state index in [1.165, 1.54) is 4.57 Å². The van der Waals surface area contributed by atoms with Gasteiger partial charge in [-0.15, -0.1) is 0 Å². The first kappa shape index (κ1) is 21.2. The van der Waals surface area contributed by atoms with Crippen LogP contribution in [0.5, 0.6) is 0 Å². The lowest BCUT2D eigenvalue weighted by Crippen LogP contribution is -2.33. The third kappa shape index (κ3) is 3.61. The quantitative estimate of drug-likeness (QED) is 0.421. The number of benzene rings is 1. The van der Waals surface area contributed by atoms with Gasteiger partial charge in [0.05, 0.1) is 36.2 Å². The van der Waals surface area contributed by atoms with E-state index in [0.717, 1.165) is 34.2 Å². The summed E-state index contributed by atoms with van der Waals surface area (Å²) in [6, 6.07) is 7.47. The Labute approximate surface area is 191 Å². The van der Waals surface area contributed by atoms with Crippen molar-refractivity contribution >= 4 is 33.8 Å². The van der Waals surface area contributed by atoms with Crippen molar-refractivity contribution in [1.82, 2.24) is 14.5 Å². The monoisotopic (exact) mass is 451 g/mol. The highest BCUT2D eigenvalue weighted by atomic mass is 35.5. The summed E-state index contributed by atoms with van der Waals surface area (Å²) in [6.45, 7) is 9.32. The van der Waals surface area contributed by atoms with Crippen LogP contribution < -0.4 is 5.56 Å². The zero-order valence-corrected chi connectivity index (χ0v) is 19.5. The molecule has 1 aliphatic heterocycles. The van der Waals surface area contributed by atoms with Crippen molar-refractivity contribution in [2.75, 3.05) is 0 Å². The van der Waals surface area contributed by atoms with Crippen molar-refractivity contribution < 1.29 is 9.15 Å². The van der Waals surface area contributed by atoms with E-state index in [4.69, 9.17) is 25.7 Å². The van der Waals surface area contributed by atoms with Crippen LogP contribution >= 0.6 is 11.6 Å². The molecule has 0 unspecified atom stereocenters. The molecule has 0 N–H and O–H groups in total. The molecule has 4 aromatic rings. The van der Waals surface area contributed by atoms with Gasteiger partial charge in [0.25, 0.3) is 5.56 Å². The summed E-state index contributed by atoms with van der Waals surface area (Å²) in [7, 11) is 0. The summed E-state index contributed by atoms with van der Waals surface area (Å²) in [5.41, 5.74) is 4.81. The van der Waals surface area contributed by atoms with E-state index in [9.17, 15) is 4.79 Å². The number of furan rings is 1. The van der Waals surface area contributed by atoms with Crippen LogP contribution in [0.25, 0.3) is 22.2 Å². The minimum Gasteiger partial charge on any atom is -0.430 e. The average Bonchev–Trinajstić information content (AvgIpc) is 3.10. The van der Waals surface area contributed by atoms with Gasteiger partial charge >= 0.3 is 0 Å². The van der Waals surface area contributed by atoms with Gasteiger partial charge in [0.15, 0.2) is 0 Å². The van der Waals surface area contributed by atoms with E-state index in [1.54, 1.807) is 6.33 Å². The van der Waals surface area contributed by atoms with Gasteiger partial charge in [0.2, 0.25) is 11.3 Å². The smallest absolute Gasteiger partial charge is 0.297 e. The van der Waals surface area contributed by atoms with Crippen LogP contribution in [0, 0.1) is 5.92 Å². The molecule has 0 radical (unpaired) electrons. The first-order valence-corrected chi connectivity index (χ1v) is 11.3. The molecule has 1 aliphatic rings. The summed E-state index contributed by atoms with van der Waals surface area (Å²) in [5, 5.41) is 1.45. The molecule has 1 aromatic carbocycles. The summed E-state index contributed by atoms with van der Waals surface area (Å²) < 4.78 is 13.7. The third-order valence-electron chi connectivity index (χ3n) is 6.01. The molecule has 5 rings (SSSR count). The molecule has 7 heteroatoms. The molecular weight excluding hydrogens is 426 g/mol. The van der Waals surface area contributed by atoms with Crippen molar-refractivity contribution in [3.05, 3.63) is 68.4 Å². The van der Waals surface area contributed by atoms with E-state index < -0.39 is 0 Å². The zero-order chi connectivity index (χ0) is 22.6. The van der Waals surface area contributed by atoms with E-state index >= 15 is 0 Å². The number of ether oxygens (including phenoxy) is 1. The van der Waals surface area contributed by atoms with Crippen LogP contribution in [0.15, 0.2) is 39.8 Å². The Morgan fingerprint density at radius 3 is 2.75 bits per heavy atom. The minimum absolute atomic E-state index is 0.232. The maximum absolute atomic E-state index is 13.3. The van der Waals surface area contributed by atoms with E-state index in [1.807, 2.05) is 24.3 Å². The van der Waals surface area contributed by atoms with Crippen molar-refractivity contribution in [3.63, 3.8) is 0 Å². The molecule has 0 saturated heterocycles. The normalized spacial score (nSPS) is 15.6. The fourth-order valence-electron chi connectivity index (χ4n) is 4.44. The molecule has 0 fully saturated rings. The molecule has 166 valence electrons. The minimum atomic E-state index is -0.307. The number of halogens is 1. The first-order valence-electron chi connectivity index (χ1n) is 10.9. The van der Waals surface area contributed by atoms with Gasteiger partial charge in [-0.25, -0.2) is 9.97 Å². The zero-order valence-electron chi connectivity index (χ0n) is 18.7. The van der Waals surface area contributed by atoms with Gasteiger partial charge < -0.3 is 9.15 Å². The third-order valence-corrected chi connectivity index (χ3v) is 6.38. The lowest BCUT2D eigenvalue weighted by atomic mass is 9.88. The second kappa shape index (κ2) is 7.71. The van der Waals surface area contributed by atoms with Crippen molar-refractivity contribution in [2.45, 2.75) is 59.3 Å². The van der Waals surface area contributed by atoms with Crippen LogP contribution in [0.2, 0.25) is 5.02 Å². The lowest BCUT2D eigenvalue weighted by Gasteiger charge is -2.33. The summed E-state index contributed by atoms with van der Waals surface area (Å²) in [4.78, 5) is 22.8. The maximum Gasteiger partial charge on any atom is 0.297 e. The molecule has 0 bridgehead atoms. The number of nitrogens with zero attached hydrogens (tertiary/aromatic N) is 3. The predicted molar refractivity (Wildman–Crippen MR) is 125 cm³/mol. The molecule has 0 atom stereocenters. The fourth-order valence-corrected chi connectivity index (χ4v) is 4.64. The van der Waals surface area contributed by atoms with Gasteiger partial charge in [-0.05, 0) is 43.4 Å². The molecule has 0 amide bonds. The van der Waals surface area contributed by atoms with Crippen molar-refractivity contribution in [3.8, 4) is 0 Å². The molecule has 0 aliphatic carbocycles. The number of hydrogen-bond acceptors (Lipinski definition) is 5. The van der Waals surface area contributed by atoms with Crippen molar-refractivity contribution in [1.29, 1.82) is 0 Å². The van der Waals surface area contributed by atoms with Crippen molar-refractivity contribution in [2.24, 2.45) is 5.92 Å². The van der Waals surface area contributed by atoms with Gasteiger partial charge in [0.1, 0.15) is 5.52 Å². The largest absolute Gasteiger partial charge is 0.430 e. The maximum atomic E-state index is 13.3. The van der Waals surface area contributed by atoms with Gasteiger partial charge in [0, 0.05) is 17.0 Å². The van der Waals surface area contributed by atoms with Crippen LogP contribution in [-0.2, 0) is 30.7 Å². The molecule has 4 heterocycles. The Morgan fingerprint density at radius 1 is 1.22 bits per heavy atom. The summed E-state index contributed by atoms with van der Waals surface area (Å²) in [5.74, 6) is 0.439. The predicted octanol–water partition coefficient (Wildman–Crippen LogP) is 5.29. The van der Waals surface area contributed by atoms with Crippen LogP contribution in [0.3, 0.4) is 0 Å². The highest BCUT2D eigenvalue weighted by Crippen LogP contribution is 2.38. The second-order valence-electron chi connectivity index (χ2n) is 9.57. The molecule has 32 heavy (non-hydrogen) atoms. The van der Waals surface area contributed by atoms with Gasteiger partial charge in [-0.3, -0.25) is 9.36 Å². The van der Waals surface area contributed by atoms with Crippen LogP contribution in [0.1, 0.15) is 50.1 Å². The SMILES string of the molecule is CC(C)Cc1nc2oc3c(=O)n(Cc4ccccc4Cl)cnc3c2c2c1COC(C)(C)C2. The fraction of sp³-hybridized carbons (Fsp3) is 0.400. The number of hydrogen-bond donors (Lipinski definition) is 0. The highest BCUT2D eigenvalue weighted by Gasteiger charge is 2.32. The molecule has 3 aromatic heterocycles. The van der Waals surface area contributed by atoms with E-state index in [2.05, 4.69) is 32.7 Å². The lowest BCUT2D eigenvalue weighted by molar-refractivity contribution is -0.0402. The second-order valence-corrected chi connectivity index (χ2v) is 9.97. The Bertz CT molecular complexity index is 1400. The molecule has 0 spiro atoms. The van der Waals surface area contributed by atoms with E-state index in [0.29, 0.717) is 41.7 Å². The number of rotatable bonds is 4. The Morgan fingerprint density at radius 2 is 2.00 bits per heavy atom. The molecule has 6 nitrogen and oxygen atoms in total. The first-order chi connectivity index (χ1) is 15.2. The Kier molecular flexibility index (Phi) is 5.10. The number of fused-ring (bicyclic) bond motifs is 5. The van der Waals surface area contributed by atoms with Crippen LogP contribution in [-0.4, -0.2) is 20.1 Å². The Hall–Kier alpha value is -2.70. The number of pyridine rings is 1. The molecule has 0 saturated carbocycles.